The smallest absolute Gasteiger partial charge is 0.330 e. The first kappa shape index (κ1) is 26.2. The van der Waals surface area contributed by atoms with Gasteiger partial charge in [0, 0.05) is 18.1 Å². The van der Waals surface area contributed by atoms with Crippen molar-refractivity contribution in [2.75, 3.05) is 13.2 Å². The quantitative estimate of drug-likeness (QED) is 0.273. The van der Waals surface area contributed by atoms with Gasteiger partial charge in [0.25, 0.3) is 0 Å². The molecule has 0 saturated carbocycles. The first-order valence-corrected chi connectivity index (χ1v) is 10.4. The Morgan fingerprint density at radius 1 is 0.900 bits per heavy atom. The van der Waals surface area contributed by atoms with E-state index in [1.165, 1.54) is 12.2 Å². The number of esters is 2. The van der Waals surface area contributed by atoms with Crippen molar-refractivity contribution >= 4 is 64.4 Å². The average Bonchev–Trinajstić information content (AvgIpc) is 2.67. The molecule has 2 heterocycles. The molecule has 0 spiro atoms. The van der Waals surface area contributed by atoms with E-state index >= 15 is 0 Å². The number of aromatic nitrogens is 2. The summed E-state index contributed by atoms with van der Waals surface area (Å²) in [7, 11) is 0. The second-order valence-corrected chi connectivity index (χ2v) is 6.98. The van der Waals surface area contributed by atoms with Gasteiger partial charge >= 0.3 is 11.9 Å². The largest absolute Gasteiger partial charge is 0.466 e. The highest BCUT2D eigenvalue weighted by Gasteiger charge is 2.07. The van der Waals surface area contributed by atoms with Gasteiger partial charge < -0.3 is 9.47 Å². The highest BCUT2D eigenvalue weighted by Crippen LogP contribution is 2.18. The summed E-state index contributed by atoms with van der Waals surface area (Å²) in [6.07, 6.45) is 3.64. The molecule has 2 aromatic rings. The van der Waals surface area contributed by atoms with Crippen LogP contribution in [0, 0.1) is 0 Å². The van der Waals surface area contributed by atoms with Gasteiger partial charge in [-0.15, -0.1) is 0 Å². The minimum atomic E-state index is -0.413. The summed E-state index contributed by atoms with van der Waals surface area (Å²) in [6, 6.07) is 6.68. The molecule has 10 heteroatoms. The predicted molar refractivity (Wildman–Crippen MR) is 119 cm³/mol. The number of hydrogen-bond acceptors (Lipinski definition) is 6. The van der Waals surface area contributed by atoms with Gasteiger partial charge in [0.05, 0.1) is 13.2 Å². The molecule has 0 aliphatic rings. The number of rotatable bonds is 7. The molecule has 0 aliphatic heterocycles. The molecule has 0 saturated heterocycles. The van der Waals surface area contributed by atoms with Crippen molar-refractivity contribution in [3.63, 3.8) is 0 Å². The summed E-state index contributed by atoms with van der Waals surface area (Å²) >= 11 is 22.9. The van der Waals surface area contributed by atoms with Gasteiger partial charge in [0.15, 0.2) is 0 Å². The van der Waals surface area contributed by atoms with Crippen molar-refractivity contribution in [2.24, 2.45) is 0 Å². The fraction of sp³-hybridized carbons (Fsp3) is 0.300. The summed E-state index contributed by atoms with van der Waals surface area (Å²) in [6.45, 7) is 4.25. The van der Waals surface area contributed by atoms with E-state index in [0.717, 1.165) is 5.56 Å². The lowest BCUT2D eigenvalue weighted by molar-refractivity contribution is -0.143. The molecule has 0 aromatic carbocycles. The summed E-state index contributed by atoms with van der Waals surface area (Å²) in [4.78, 5) is 29.8. The van der Waals surface area contributed by atoms with Crippen LogP contribution in [0.3, 0.4) is 0 Å². The number of aryl methyl sites for hydroxylation is 1. The van der Waals surface area contributed by atoms with E-state index in [0.29, 0.717) is 47.1 Å². The van der Waals surface area contributed by atoms with Gasteiger partial charge in [-0.1, -0.05) is 52.5 Å². The van der Waals surface area contributed by atoms with Crippen molar-refractivity contribution in [3.8, 4) is 0 Å². The molecular weight excluding hydrogens is 474 g/mol. The molecule has 0 unspecified atom stereocenters. The molecule has 0 atom stereocenters. The molecule has 0 N–H and O–H groups in total. The van der Waals surface area contributed by atoms with Crippen molar-refractivity contribution in [2.45, 2.75) is 26.7 Å². The lowest BCUT2D eigenvalue weighted by atomic mass is 10.1. The molecule has 2 aromatic heterocycles. The molecule has 30 heavy (non-hydrogen) atoms. The van der Waals surface area contributed by atoms with E-state index in [1.807, 2.05) is 0 Å². The molecule has 6 nitrogen and oxygen atoms in total. The molecule has 0 fully saturated rings. The minimum absolute atomic E-state index is 0.233. The summed E-state index contributed by atoms with van der Waals surface area (Å²) in [5.74, 6) is -0.646. The zero-order valence-corrected chi connectivity index (χ0v) is 19.4. The summed E-state index contributed by atoms with van der Waals surface area (Å²) in [5, 5.41) is 1.25. The van der Waals surface area contributed by atoms with E-state index in [4.69, 9.17) is 55.9 Å². The Bertz CT molecular complexity index is 891. The van der Waals surface area contributed by atoms with Crippen LogP contribution >= 0.6 is 46.4 Å². The fourth-order valence-corrected chi connectivity index (χ4v) is 2.84. The van der Waals surface area contributed by atoms with Crippen molar-refractivity contribution in [3.05, 3.63) is 62.1 Å². The number of carbonyl (C=O) groups excluding carboxylic acids is 2. The Morgan fingerprint density at radius 3 is 2.07 bits per heavy atom. The molecule has 0 radical (unpaired) electrons. The monoisotopic (exact) mass is 492 g/mol. The molecule has 2 rings (SSSR count). The third-order valence-electron chi connectivity index (χ3n) is 3.32. The lowest BCUT2D eigenvalue weighted by Crippen LogP contribution is -2.05. The third-order valence-corrected chi connectivity index (χ3v) is 4.38. The minimum Gasteiger partial charge on any atom is -0.466 e. The van der Waals surface area contributed by atoms with Crippen LogP contribution in [0.25, 0.3) is 6.08 Å². The number of hydrogen-bond donors (Lipinski definition) is 0. The average molecular weight is 494 g/mol. The number of ether oxygens (including phenoxy) is 2. The Balaban J connectivity index is 0.000000300. The van der Waals surface area contributed by atoms with Crippen LogP contribution in [0.5, 0.6) is 0 Å². The van der Waals surface area contributed by atoms with Crippen molar-refractivity contribution < 1.29 is 19.1 Å². The normalized spacial score (nSPS) is 10.3. The Hall–Kier alpha value is -1.86. The third kappa shape index (κ3) is 10.3. The maximum atomic E-state index is 11.1. The number of carbonyl (C=O) groups is 2. The molecular formula is C20H20Cl4N2O4. The van der Waals surface area contributed by atoms with Gasteiger partial charge in [-0.2, -0.15) is 0 Å². The van der Waals surface area contributed by atoms with E-state index in [9.17, 15) is 9.59 Å². The maximum Gasteiger partial charge on any atom is 0.330 e. The summed E-state index contributed by atoms with van der Waals surface area (Å²) < 4.78 is 9.51. The maximum absolute atomic E-state index is 11.1. The van der Waals surface area contributed by atoms with E-state index in [2.05, 4.69) is 9.97 Å². The summed E-state index contributed by atoms with van der Waals surface area (Å²) in [5.41, 5.74) is 1.42. The molecule has 0 bridgehead atoms. The van der Waals surface area contributed by atoms with Crippen LogP contribution in [0.4, 0.5) is 0 Å². The van der Waals surface area contributed by atoms with Crippen LogP contribution in [0.2, 0.25) is 20.6 Å². The van der Waals surface area contributed by atoms with Crippen LogP contribution in [0.1, 0.15) is 31.4 Å². The Labute approximate surface area is 195 Å². The van der Waals surface area contributed by atoms with Crippen LogP contribution in [-0.4, -0.2) is 35.1 Å². The van der Waals surface area contributed by atoms with Crippen molar-refractivity contribution in [1.82, 2.24) is 9.97 Å². The zero-order chi connectivity index (χ0) is 22.5. The van der Waals surface area contributed by atoms with E-state index in [-0.39, 0.29) is 11.1 Å². The first-order chi connectivity index (χ1) is 14.3. The highest BCUT2D eigenvalue weighted by molar-refractivity contribution is 6.33. The van der Waals surface area contributed by atoms with Gasteiger partial charge in [0.1, 0.15) is 20.6 Å². The van der Waals surface area contributed by atoms with Crippen LogP contribution < -0.4 is 0 Å². The Morgan fingerprint density at radius 2 is 1.50 bits per heavy atom. The van der Waals surface area contributed by atoms with E-state index in [1.54, 1.807) is 38.1 Å². The molecule has 162 valence electrons. The highest BCUT2D eigenvalue weighted by atomic mass is 35.5. The SMILES string of the molecule is CCOC(=O)/C=C/c1ccc(Cl)nc1Cl.CCOC(=O)CCc1ccc(Cl)nc1Cl. The van der Waals surface area contributed by atoms with Gasteiger partial charge in [-0.3, -0.25) is 4.79 Å². The van der Waals surface area contributed by atoms with E-state index < -0.39 is 5.97 Å². The standard InChI is InChI=1S/C10H11Cl2NO2.C10H9Cl2NO2/c2*1-2-15-9(14)6-4-7-3-5-8(11)13-10(7)12/h3,5H,2,4,6H2,1H3;3-6H,2H2,1H3/b;6-4+. The zero-order valence-electron chi connectivity index (χ0n) is 16.3. The Kier molecular flexibility index (Phi) is 12.4. The number of pyridine rings is 2. The van der Waals surface area contributed by atoms with Gasteiger partial charge in [-0.05, 0) is 50.1 Å². The second-order valence-electron chi connectivity index (χ2n) is 5.49. The molecule has 0 aliphatic carbocycles. The van der Waals surface area contributed by atoms with Crippen molar-refractivity contribution in [1.29, 1.82) is 0 Å². The van der Waals surface area contributed by atoms with Gasteiger partial charge in [-0.25, -0.2) is 14.8 Å². The second kappa shape index (κ2) is 14.2. The van der Waals surface area contributed by atoms with Gasteiger partial charge in [0.2, 0.25) is 0 Å². The number of nitrogens with zero attached hydrogens (tertiary/aromatic N) is 2. The topological polar surface area (TPSA) is 78.4 Å². The van der Waals surface area contributed by atoms with Crippen LogP contribution in [0.15, 0.2) is 30.3 Å². The fourth-order valence-electron chi connectivity index (χ4n) is 1.99. The number of halogens is 4. The first-order valence-electron chi connectivity index (χ1n) is 8.90. The predicted octanol–water partition coefficient (Wildman–Crippen LogP) is 5.85. The lowest BCUT2D eigenvalue weighted by Gasteiger charge is -2.03. The van der Waals surface area contributed by atoms with Crippen LogP contribution in [-0.2, 0) is 25.5 Å². The molecule has 0 amide bonds.